The van der Waals surface area contributed by atoms with Crippen molar-refractivity contribution in [1.82, 2.24) is 0 Å². The zero-order valence-electron chi connectivity index (χ0n) is 9.93. The number of nitrogens with one attached hydrogen (secondary N) is 1. The molecule has 0 spiro atoms. The first-order valence-corrected chi connectivity index (χ1v) is 6.70. The first kappa shape index (κ1) is 13.4. The summed E-state index contributed by atoms with van der Waals surface area (Å²) in [5.41, 5.74) is 1.69. The van der Waals surface area contributed by atoms with Gasteiger partial charge in [-0.05, 0) is 35.9 Å². The number of rotatable bonds is 3. The molecule has 3 N–H and O–H groups in total. The van der Waals surface area contributed by atoms with Gasteiger partial charge >= 0.3 is 0 Å². The Hall–Kier alpha value is -2.01. The quantitative estimate of drug-likeness (QED) is 0.600. The van der Waals surface area contributed by atoms with Crippen LogP contribution in [0.15, 0.2) is 42.5 Å². The average molecular weight is 322 g/mol. The highest BCUT2D eigenvalue weighted by atomic mass is 79.9. The Morgan fingerprint density at radius 2 is 1.95 bits per heavy atom. The number of phenolic OH excluding ortho intramolecular Hbond substituents is 2. The standard InChI is InChI=1S/C14H12BrNO3/c15-8-9-2-1-3-10(6-9)16-14(19)12-7-11(17)4-5-13(12)18/h1-7,17-18H,8H2,(H,16,19). The molecule has 0 saturated carbocycles. The number of alkyl halides is 1. The largest absolute Gasteiger partial charge is 0.508 e. The first-order valence-electron chi connectivity index (χ1n) is 5.58. The van der Waals surface area contributed by atoms with Crippen molar-refractivity contribution in [2.75, 3.05) is 5.32 Å². The predicted molar refractivity (Wildman–Crippen MR) is 76.8 cm³/mol. The van der Waals surface area contributed by atoms with E-state index in [9.17, 15) is 15.0 Å². The summed E-state index contributed by atoms with van der Waals surface area (Å²) in [7, 11) is 0. The molecule has 0 radical (unpaired) electrons. The summed E-state index contributed by atoms with van der Waals surface area (Å²) in [5.74, 6) is -0.718. The summed E-state index contributed by atoms with van der Waals surface area (Å²) >= 11 is 3.34. The minimum atomic E-state index is -0.472. The Morgan fingerprint density at radius 1 is 1.16 bits per heavy atom. The van der Waals surface area contributed by atoms with Crippen molar-refractivity contribution >= 4 is 27.5 Å². The lowest BCUT2D eigenvalue weighted by Crippen LogP contribution is -2.12. The summed E-state index contributed by atoms with van der Waals surface area (Å²) in [5, 5.41) is 22.3. The van der Waals surface area contributed by atoms with Gasteiger partial charge in [0.15, 0.2) is 0 Å². The molecule has 0 aromatic heterocycles. The highest BCUT2D eigenvalue weighted by Gasteiger charge is 2.12. The second-order valence-electron chi connectivity index (χ2n) is 3.99. The summed E-state index contributed by atoms with van der Waals surface area (Å²) in [6, 6.07) is 11.1. The maximum atomic E-state index is 12.0. The molecule has 0 fully saturated rings. The summed E-state index contributed by atoms with van der Waals surface area (Å²) in [6.45, 7) is 0. The molecular formula is C14H12BrNO3. The Bertz CT molecular complexity index is 613. The monoisotopic (exact) mass is 321 g/mol. The Morgan fingerprint density at radius 3 is 2.68 bits per heavy atom. The molecule has 2 aromatic rings. The van der Waals surface area contributed by atoms with Crippen LogP contribution < -0.4 is 5.32 Å². The smallest absolute Gasteiger partial charge is 0.259 e. The molecule has 0 aliphatic heterocycles. The van der Waals surface area contributed by atoms with E-state index in [4.69, 9.17) is 0 Å². The zero-order valence-corrected chi connectivity index (χ0v) is 11.5. The zero-order chi connectivity index (χ0) is 13.8. The van der Waals surface area contributed by atoms with E-state index in [2.05, 4.69) is 21.2 Å². The van der Waals surface area contributed by atoms with Gasteiger partial charge in [-0.1, -0.05) is 28.1 Å². The lowest BCUT2D eigenvalue weighted by Gasteiger charge is -2.08. The van der Waals surface area contributed by atoms with Crippen LogP contribution in [0.3, 0.4) is 0 Å². The predicted octanol–water partition coefficient (Wildman–Crippen LogP) is 3.25. The van der Waals surface area contributed by atoms with Gasteiger partial charge in [-0.3, -0.25) is 4.79 Å². The number of benzene rings is 2. The fourth-order valence-electron chi connectivity index (χ4n) is 1.64. The van der Waals surface area contributed by atoms with Crippen molar-refractivity contribution < 1.29 is 15.0 Å². The van der Waals surface area contributed by atoms with E-state index in [0.717, 1.165) is 5.56 Å². The van der Waals surface area contributed by atoms with E-state index in [1.807, 2.05) is 18.2 Å². The lowest BCUT2D eigenvalue weighted by atomic mass is 10.1. The number of anilines is 1. The third-order valence-corrected chi connectivity index (χ3v) is 3.21. The van der Waals surface area contributed by atoms with Crippen LogP contribution in [-0.2, 0) is 5.33 Å². The fourth-order valence-corrected chi connectivity index (χ4v) is 1.99. The molecular weight excluding hydrogens is 310 g/mol. The molecule has 19 heavy (non-hydrogen) atoms. The van der Waals surface area contributed by atoms with Gasteiger partial charge in [0.1, 0.15) is 11.5 Å². The molecule has 0 atom stereocenters. The third kappa shape index (κ3) is 3.26. The third-order valence-electron chi connectivity index (χ3n) is 2.56. The van der Waals surface area contributed by atoms with Gasteiger partial charge in [0, 0.05) is 11.0 Å². The Labute approximate surface area is 118 Å². The number of carbonyl (C=O) groups excluding carboxylic acids is 1. The van der Waals surface area contributed by atoms with Crippen LogP contribution in [0.25, 0.3) is 0 Å². The molecule has 0 aliphatic carbocycles. The van der Waals surface area contributed by atoms with Crippen molar-refractivity contribution in [3.63, 3.8) is 0 Å². The molecule has 2 aromatic carbocycles. The minimum absolute atomic E-state index is 0.0317. The van der Waals surface area contributed by atoms with E-state index in [1.165, 1.54) is 18.2 Å². The van der Waals surface area contributed by atoms with Gasteiger partial charge in [0.05, 0.1) is 5.56 Å². The number of carbonyl (C=O) groups is 1. The Kier molecular flexibility index (Phi) is 4.06. The minimum Gasteiger partial charge on any atom is -0.508 e. The molecule has 0 aliphatic rings. The van der Waals surface area contributed by atoms with Gasteiger partial charge in [-0.25, -0.2) is 0 Å². The van der Waals surface area contributed by atoms with E-state index < -0.39 is 5.91 Å². The van der Waals surface area contributed by atoms with E-state index in [-0.39, 0.29) is 17.1 Å². The maximum absolute atomic E-state index is 12.0. The van der Waals surface area contributed by atoms with Gasteiger partial charge in [0.25, 0.3) is 5.91 Å². The molecule has 0 saturated heterocycles. The second-order valence-corrected chi connectivity index (χ2v) is 4.55. The number of hydrogen-bond acceptors (Lipinski definition) is 3. The molecule has 4 nitrogen and oxygen atoms in total. The first-order chi connectivity index (χ1) is 9.10. The lowest BCUT2D eigenvalue weighted by molar-refractivity contribution is 0.102. The number of phenols is 2. The normalized spacial score (nSPS) is 10.2. The molecule has 2 rings (SSSR count). The maximum Gasteiger partial charge on any atom is 0.259 e. The number of halogens is 1. The highest BCUT2D eigenvalue weighted by molar-refractivity contribution is 9.08. The van der Waals surface area contributed by atoms with E-state index >= 15 is 0 Å². The van der Waals surface area contributed by atoms with Crippen LogP contribution in [0.5, 0.6) is 11.5 Å². The average Bonchev–Trinajstić information content (AvgIpc) is 2.41. The van der Waals surface area contributed by atoms with Gasteiger partial charge in [-0.2, -0.15) is 0 Å². The Balaban J connectivity index is 2.23. The number of aromatic hydroxyl groups is 2. The van der Waals surface area contributed by atoms with Gasteiger partial charge in [0.2, 0.25) is 0 Å². The topological polar surface area (TPSA) is 69.6 Å². The van der Waals surface area contributed by atoms with Crippen molar-refractivity contribution in [3.05, 3.63) is 53.6 Å². The molecule has 0 heterocycles. The van der Waals surface area contributed by atoms with Crippen LogP contribution in [-0.4, -0.2) is 16.1 Å². The van der Waals surface area contributed by atoms with Crippen molar-refractivity contribution in [2.45, 2.75) is 5.33 Å². The van der Waals surface area contributed by atoms with Crippen LogP contribution in [0, 0.1) is 0 Å². The summed E-state index contributed by atoms with van der Waals surface area (Å²) < 4.78 is 0. The van der Waals surface area contributed by atoms with Crippen LogP contribution in [0.4, 0.5) is 5.69 Å². The molecule has 98 valence electrons. The van der Waals surface area contributed by atoms with Crippen LogP contribution in [0.1, 0.15) is 15.9 Å². The van der Waals surface area contributed by atoms with Crippen LogP contribution in [0.2, 0.25) is 0 Å². The molecule has 1 amide bonds. The van der Waals surface area contributed by atoms with Crippen molar-refractivity contribution in [3.8, 4) is 11.5 Å². The number of amides is 1. The molecule has 0 unspecified atom stereocenters. The SMILES string of the molecule is O=C(Nc1cccc(CBr)c1)c1cc(O)ccc1O. The van der Waals surface area contributed by atoms with E-state index in [0.29, 0.717) is 11.0 Å². The highest BCUT2D eigenvalue weighted by Crippen LogP contribution is 2.23. The van der Waals surface area contributed by atoms with Gasteiger partial charge < -0.3 is 15.5 Å². The summed E-state index contributed by atoms with van der Waals surface area (Å²) in [6.07, 6.45) is 0. The van der Waals surface area contributed by atoms with Crippen molar-refractivity contribution in [1.29, 1.82) is 0 Å². The van der Waals surface area contributed by atoms with Crippen molar-refractivity contribution in [2.24, 2.45) is 0 Å². The van der Waals surface area contributed by atoms with Crippen LogP contribution >= 0.6 is 15.9 Å². The van der Waals surface area contributed by atoms with E-state index in [1.54, 1.807) is 6.07 Å². The molecule has 0 bridgehead atoms. The second kappa shape index (κ2) is 5.75. The fraction of sp³-hybridized carbons (Fsp3) is 0.0714. The number of hydrogen-bond donors (Lipinski definition) is 3. The summed E-state index contributed by atoms with van der Waals surface area (Å²) in [4.78, 5) is 12.0. The molecule has 5 heteroatoms. The van der Waals surface area contributed by atoms with Gasteiger partial charge in [-0.15, -0.1) is 0 Å².